The lowest BCUT2D eigenvalue weighted by atomic mass is 10.2. The van der Waals surface area contributed by atoms with Gasteiger partial charge in [0, 0.05) is 11.4 Å². The number of hydrogen-bond donors (Lipinski definition) is 2. The van der Waals surface area contributed by atoms with Gasteiger partial charge in [-0.05, 0) is 31.4 Å². The van der Waals surface area contributed by atoms with Crippen LogP contribution >= 0.6 is 22.9 Å². The number of rotatable bonds is 5. The van der Waals surface area contributed by atoms with Crippen molar-refractivity contribution in [3.63, 3.8) is 0 Å². The molecule has 1 aromatic heterocycles. The maximum atomic E-state index is 5.81. The summed E-state index contributed by atoms with van der Waals surface area (Å²) in [4.78, 5) is 5.23. The number of nitrogens with two attached hydrogens (primary N) is 2. The molecule has 1 rings (SSSR count). The van der Waals surface area contributed by atoms with E-state index in [9.17, 15) is 0 Å². The summed E-state index contributed by atoms with van der Waals surface area (Å²) in [5, 5.41) is 0. The van der Waals surface area contributed by atoms with E-state index in [0.29, 0.717) is 6.54 Å². The first-order valence-electron chi connectivity index (χ1n) is 4.48. The summed E-state index contributed by atoms with van der Waals surface area (Å²) in [7, 11) is 0. The molecule has 1 aromatic rings. The van der Waals surface area contributed by atoms with Gasteiger partial charge in [0.05, 0.1) is 4.34 Å². The van der Waals surface area contributed by atoms with Gasteiger partial charge < -0.3 is 11.5 Å². The Kier molecular flexibility index (Phi) is 4.76. The number of aryl methyl sites for hydroxylation is 1. The highest BCUT2D eigenvalue weighted by atomic mass is 35.5. The maximum Gasteiger partial charge on any atom is 0.185 e. The predicted molar refractivity (Wildman–Crippen MR) is 62.9 cm³/mol. The molecule has 0 atom stereocenters. The quantitative estimate of drug-likeness (QED) is 0.463. The second-order valence-corrected chi connectivity index (χ2v) is 4.77. The van der Waals surface area contributed by atoms with Crippen LogP contribution in [0.4, 0.5) is 0 Å². The van der Waals surface area contributed by atoms with Crippen LogP contribution in [0, 0.1) is 0 Å². The molecule has 4 N–H and O–H groups in total. The molecule has 5 heteroatoms. The number of guanidine groups is 1. The Bertz CT molecular complexity index is 305. The number of nitrogens with zero attached hydrogens (tertiary/aromatic N) is 1. The van der Waals surface area contributed by atoms with Gasteiger partial charge in [-0.25, -0.2) is 0 Å². The van der Waals surface area contributed by atoms with Crippen LogP contribution in [0.3, 0.4) is 0 Å². The van der Waals surface area contributed by atoms with Crippen molar-refractivity contribution in [3.8, 4) is 0 Å². The van der Waals surface area contributed by atoms with Crippen molar-refractivity contribution in [3.05, 3.63) is 21.3 Å². The molecule has 0 saturated heterocycles. The minimum absolute atomic E-state index is 0.171. The van der Waals surface area contributed by atoms with Crippen LogP contribution in [0.5, 0.6) is 0 Å². The Morgan fingerprint density at radius 2 is 2.14 bits per heavy atom. The van der Waals surface area contributed by atoms with Crippen LogP contribution in [0.15, 0.2) is 17.1 Å². The van der Waals surface area contributed by atoms with Gasteiger partial charge in [0.25, 0.3) is 0 Å². The van der Waals surface area contributed by atoms with E-state index in [2.05, 4.69) is 11.1 Å². The predicted octanol–water partition coefficient (Wildman–Crippen LogP) is 2.00. The van der Waals surface area contributed by atoms with E-state index in [1.54, 1.807) is 11.3 Å². The molecule has 3 nitrogen and oxygen atoms in total. The highest BCUT2D eigenvalue weighted by Gasteiger charge is 1.97. The summed E-state index contributed by atoms with van der Waals surface area (Å²) >= 11 is 7.44. The third-order valence-electron chi connectivity index (χ3n) is 1.75. The smallest absolute Gasteiger partial charge is 0.185 e. The molecular formula is C9H14ClN3S. The second kappa shape index (κ2) is 5.88. The van der Waals surface area contributed by atoms with Gasteiger partial charge in [0.1, 0.15) is 0 Å². The third kappa shape index (κ3) is 4.48. The molecule has 0 aliphatic carbocycles. The number of hydrogen-bond acceptors (Lipinski definition) is 2. The molecule has 0 bridgehead atoms. The van der Waals surface area contributed by atoms with Gasteiger partial charge in [0.2, 0.25) is 0 Å². The molecule has 14 heavy (non-hydrogen) atoms. The van der Waals surface area contributed by atoms with Crippen molar-refractivity contribution in [1.29, 1.82) is 0 Å². The fraction of sp³-hybridized carbons (Fsp3) is 0.444. The van der Waals surface area contributed by atoms with Crippen LogP contribution in [-0.4, -0.2) is 12.5 Å². The molecule has 0 amide bonds. The molecule has 0 radical (unpaired) electrons. The Morgan fingerprint density at radius 1 is 1.36 bits per heavy atom. The zero-order valence-corrected chi connectivity index (χ0v) is 9.44. The molecule has 0 spiro atoms. The van der Waals surface area contributed by atoms with Crippen LogP contribution in [-0.2, 0) is 6.42 Å². The van der Waals surface area contributed by atoms with Crippen molar-refractivity contribution in [2.24, 2.45) is 16.5 Å². The lowest BCUT2D eigenvalue weighted by Crippen LogP contribution is -2.22. The largest absolute Gasteiger partial charge is 0.370 e. The molecule has 78 valence electrons. The third-order valence-corrected chi connectivity index (χ3v) is 3.05. The van der Waals surface area contributed by atoms with Crippen molar-refractivity contribution in [2.75, 3.05) is 6.54 Å². The Hall–Kier alpha value is -0.740. The number of halogens is 1. The minimum Gasteiger partial charge on any atom is -0.370 e. The summed E-state index contributed by atoms with van der Waals surface area (Å²) < 4.78 is 0.851. The van der Waals surface area contributed by atoms with Crippen molar-refractivity contribution in [2.45, 2.75) is 19.3 Å². The molecule has 0 aliphatic heterocycles. The van der Waals surface area contributed by atoms with E-state index in [4.69, 9.17) is 23.1 Å². The van der Waals surface area contributed by atoms with Gasteiger partial charge in [-0.15, -0.1) is 11.3 Å². The van der Waals surface area contributed by atoms with Crippen LogP contribution in [0.25, 0.3) is 0 Å². The summed E-state index contributed by atoms with van der Waals surface area (Å²) in [5.41, 5.74) is 10.4. The summed E-state index contributed by atoms with van der Waals surface area (Å²) in [6.45, 7) is 0.710. The average molecular weight is 232 g/mol. The monoisotopic (exact) mass is 231 g/mol. The van der Waals surface area contributed by atoms with Crippen molar-refractivity contribution < 1.29 is 0 Å². The first kappa shape index (κ1) is 11.3. The SMILES string of the molecule is NC(N)=NCCCCc1ccc(Cl)s1. The first-order valence-corrected chi connectivity index (χ1v) is 5.67. The molecule has 0 aliphatic rings. The Morgan fingerprint density at radius 3 is 2.71 bits per heavy atom. The molecular weight excluding hydrogens is 218 g/mol. The molecule has 0 aromatic carbocycles. The van der Waals surface area contributed by atoms with Gasteiger partial charge in [0.15, 0.2) is 5.96 Å². The highest BCUT2D eigenvalue weighted by molar-refractivity contribution is 7.16. The summed E-state index contributed by atoms with van der Waals surface area (Å²) in [5.74, 6) is 0.171. The fourth-order valence-corrected chi connectivity index (χ4v) is 2.23. The number of thiophene rings is 1. The zero-order chi connectivity index (χ0) is 10.4. The number of aliphatic imine (C=N–C) groups is 1. The Labute approximate surface area is 92.8 Å². The molecule has 0 saturated carbocycles. The second-order valence-electron chi connectivity index (χ2n) is 2.97. The molecule has 0 fully saturated rings. The standard InChI is InChI=1S/C9H14ClN3S/c10-8-5-4-7(14-8)3-1-2-6-13-9(11)12/h4-5H,1-3,6H2,(H4,11,12,13). The van der Waals surface area contributed by atoms with Crippen LogP contribution in [0.2, 0.25) is 4.34 Å². The van der Waals surface area contributed by atoms with E-state index in [-0.39, 0.29) is 5.96 Å². The van der Waals surface area contributed by atoms with Gasteiger partial charge in [-0.2, -0.15) is 0 Å². The van der Waals surface area contributed by atoms with Crippen molar-refractivity contribution >= 4 is 28.9 Å². The van der Waals surface area contributed by atoms with E-state index >= 15 is 0 Å². The van der Waals surface area contributed by atoms with E-state index in [0.717, 1.165) is 23.6 Å². The van der Waals surface area contributed by atoms with E-state index < -0.39 is 0 Å². The lowest BCUT2D eigenvalue weighted by molar-refractivity contribution is 0.751. The lowest BCUT2D eigenvalue weighted by Gasteiger charge is -1.96. The van der Waals surface area contributed by atoms with Gasteiger partial charge in [-0.1, -0.05) is 11.6 Å². The zero-order valence-electron chi connectivity index (χ0n) is 7.87. The van der Waals surface area contributed by atoms with Crippen LogP contribution < -0.4 is 11.5 Å². The minimum atomic E-state index is 0.171. The molecule has 0 unspecified atom stereocenters. The normalized spacial score (nSPS) is 10.1. The van der Waals surface area contributed by atoms with Gasteiger partial charge in [-0.3, -0.25) is 4.99 Å². The van der Waals surface area contributed by atoms with Crippen molar-refractivity contribution in [1.82, 2.24) is 0 Å². The average Bonchev–Trinajstić information content (AvgIpc) is 2.50. The summed E-state index contributed by atoms with van der Waals surface area (Å²) in [6, 6.07) is 3.99. The van der Waals surface area contributed by atoms with Crippen LogP contribution in [0.1, 0.15) is 17.7 Å². The first-order chi connectivity index (χ1) is 6.68. The topological polar surface area (TPSA) is 64.4 Å². The number of unbranched alkanes of at least 4 members (excludes halogenated alkanes) is 1. The Balaban J connectivity index is 2.13. The van der Waals surface area contributed by atoms with E-state index in [1.165, 1.54) is 4.88 Å². The van der Waals surface area contributed by atoms with E-state index in [1.807, 2.05) is 6.07 Å². The van der Waals surface area contributed by atoms with Gasteiger partial charge >= 0.3 is 0 Å². The maximum absolute atomic E-state index is 5.81. The fourth-order valence-electron chi connectivity index (χ4n) is 1.11. The highest BCUT2D eigenvalue weighted by Crippen LogP contribution is 2.22. The summed E-state index contributed by atoms with van der Waals surface area (Å²) in [6.07, 6.45) is 3.15. The molecule has 1 heterocycles.